The summed E-state index contributed by atoms with van der Waals surface area (Å²) in [6.45, 7) is 2.01. The molecular formula is C20H17F2N3O. The van der Waals surface area contributed by atoms with Gasteiger partial charge in [-0.3, -0.25) is 4.79 Å². The summed E-state index contributed by atoms with van der Waals surface area (Å²) in [5.74, 6) is -1.44. The SMILES string of the molecule is CC(Nc1ccc(C(=O)Nc2ccc(F)cc2F)cn1)c1ccccc1. The zero-order valence-corrected chi connectivity index (χ0v) is 14.0. The van der Waals surface area contributed by atoms with Crippen molar-refractivity contribution >= 4 is 17.4 Å². The molecule has 3 aromatic rings. The average Bonchev–Trinajstić information content (AvgIpc) is 2.65. The van der Waals surface area contributed by atoms with Crippen LogP contribution in [0.1, 0.15) is 28.9 Å². The molecule has 0 aliphatic carbocycles. The number of pyridine rings is 1. The quantitative estimate of drug-likeness (QED) is 0.694. The Bertz CT molecular complexity index is 899. The topological polar surface area (TPSA) is 54.0 Å². The number of nitrogens with one attached hydrogen (secondary N) is 2. The van der Waals surface area contributed by atoms with Gasteiger partial charge in [-0.15, -0.1) is 0 Å². The third-order valence-electron chi connectivity index (χ3n) is 3.87. The van der Waals surface area contributed by atoms with E-state index in [-0.39, 0.29) is 17.3 Å². The van der Waals surface area contributed by atoms with E-state index >= 15 is 0 Å². The molecule has 1 aromatic heterocycles. The number of amides is 1. The summed E-state index contributed by atoms with van der Waals surface area (Å²) < 4.78 is 26.5. The van der Waals surface area contributed by atoms with Gasteiger partial charge in [0, 0.05) is 18.3 Å². The molecule has 2 N–H and O–H groups in total. The van der Waals surface area contributed by atoms with Gasteiger partial charge in [-0.2, -0.15) is 0 Å². The van der Waals surface area contributed by atoms with Gasteiger partial charge in [0.15, 0.2) is 0 Å². The summed E-state index contributed by atoms with van der Waals surface area (Å²) in [6, 6.07) is 16.2. The zero-order chi connectivity index (χ0) is 18.5. The van der Waals surface area contributed by atoms with Crippen molar-refractivity contribution in [1.29, 1.82) is 0 Å². The first-order valence-corrected chi connectivity index (χ1v) is 8.07. The van der Waals surface area contributed by atoms with Crippen molar-refractivity contribution < 1.29 is 13.6 Å². The van der Waals surface area contributed by atoms with Gasteiger partial charge in [-0.25, -0.2) is 13.8 Å². The molecular weight excluding hydrogens is 336 g/mol. The van der Waals surface area contributed by atoms with Crippen LogP contribution in [0.5, 0.6) is 0 Å². The summed E-state index contributed by atoms with van der Waals surface area (Å²) in [5.41, 5.74) is 1.30. The number of hydrogen-bond donors (Lipinski definition) is 2. The molecule has 0 radical (unpaired) electrons. The number of carbonyl (C=O) groups is 1. The molecule has 26 heavy (non-hydrogen) atoms. The highest BCUT2D eigenvalue weighted by molar-refractivity contribution is 6.04. The van der Waals surface area contributed by atoms with Gasteiger partial charge in [0.1, 0.15) is 17.5 Å². The minimum Gasteiger partial charge on any atom is -0.364 e. The largest absolute Gasteiger partial charge is 0.364 e. The fourth-order valence-corrected chi connectivity index (χ4v) is 2.45. The number of aromatic nitrogens is 1. The number of carbonyl (C=O) groups excluding carboxylic acids is 1. The highest BCUT2D eigenvalue weighted by Crippen LogP contribution is 2.19. The Morgan fingerprint density at radius 3 is 2.46 bits per heavy atom. The number of anilines is 2. The van der Waals surface area contributed by atoms with Crippen molar-refractivity contribution in [2.75, 3.05) is 10.6 Å². The number of benzene rings is 2. The van der Waals surface area contributed by atoms with Crippen LogP contribution in [0.4, 0.5) is 20.3 Å². The van der Waals surface area contributed by atoms with Gasteiger partial charge < -0.3 is 10.6 Å². The molecule has 3 rings (SSSR count). The van der Waals surface area contributed by atoms with Crippen molar-refractivity contribution in [2.24, 2.45) is 0 Å². The Hall–Kier alpha value is -3.28. The molecule has 0 bridgehead atoms. The van der Waals surface area contributed by atoms with Crippen LogP contribution in [0.3, 0.4) is 0 Å². The van der Waals surface area contributed by atoms with Crippen LogP contribution in [-0.4, -0.2) is 10.9 Å². The molecule has 1 amide bonds. The Balaban J connectivity index is 1.66. The van der Waals surface area contributed by atoms with Crippen molar-refractivity contribution in [3.8, 4) is 0 Å². The molecule has 0 fully saturated rings. The third-order valence-corrected chi connectivity index (χ3v) is 3.87. The van der Waals surface area contributed by atoms with Crippen molar-refractivity contribution in [3.63, 3.8) is 0 Å². The molecule has 0 spiro atoms. The Kier molecular flexibility index (Phi) is 5.22. The monoisotopic (exact) mass is 353 g/mol. The first-order chi connectivity index (χ1) is 12.5. The minimum atomic E-state index is -0.832. The molecule has 6 heteroatoms. The van der Waals surface area contributed by atoms with Crippen LogP contribution in [0.2, 0.25) is 0 Å². The van der Waals surface area contributed by atoms with Gasteiger partial charge in [0.2, 0.25) is 0 Å². The van der Waals surface area contributed by atoms with Crippen LogP contribution in [0.15, 0.2) is 66.9 Å². The van der Waals surface area contributed by atoms with Gasteiger partial charge in [-0.05, 0) is 36.8 Å². The molecule has 2 aromatic carbocycles. The lowest BCUT2D eigenvalue weighted by Gasteiger charge is -2.15. The summed E-state index contributed by atoms with van der Waals surface area (Å²) in [5, 5.41) is 5.64. The van der Waals surface area contributed by atoms with Gasteiger partial charge in [0.05, 0.1) is 11.3 Å². The number of nitrogens with zero attached hydrogens (tertiary/aromatic N) is 1. The van der Waals surface area contributed by atoms with E-state index in [1.54, 1.807) is 12.1 Å². The minimum absolute atomic E-state index is 0.0525. The zero-order valence-electron chi connectivity index (χ0n) is 14.0. The summed E-state index contributed by atoms with van der Waals surface area (Å²) in [7, 11) is 0. The lowest BCUT2D eigenvalue weighted by molar-refractivity contribution is 0.102. The van der Waals surface area contributed by atoms with Crippen molar-refractivity contribution in [3.05, 3.63) is 89.6 Å². The maximum Gasteiger partial charge on any atom is 0.257 e. The average molecular weight is 353 g/mol. The van der Waals surface area contributed by atoms with E-state index in [4.69, 9.17) is 0 Å². The first-order valence-electron chi connectivity index (χ1n) is 8.07. The van der Waals surface area contributed by atoms with Crippen LogP contribution in [0.25, 0.3) is 0 Å². The van der Waals surface area contributed by atoms with E-state index in [2.05, 4.69) is 15.6 Å². The molecule has 0 aliphatic heterocycles. The Labute approximate surface area is 149 Å². The smallest absolute Gasteiger partial charge is 0.257 e. The van der Waals surface area contributed by atoms with Crippen LogP contribution >= 0.6 is 0 Å². The summed E-state index contributed by atoms with van der Waals surface area (Å²) in [4.78, 5) is 16.4. The molecule has 1 unspecified atom stereocenters. The van der Waals surface area contributed by atoms with E-state index in [9.17, 15) is 13.6 Å². The first kappa shape index (κ1) is 17.5. The third kappa shape index (κ3) is 4.22. The van der Waals surface area contributed by atoms with E-state index in [1.807, 2.05) is 37.3 Å². The summed E-state index contributed by atoms with van der Waals surface area (Å²) >= 11 is 0. The van der Waals surface area contributed by atoms with Crippen LogP contribution in [0, 0.1) is 11.6 Å². The second-order valence-electron chi connectivity index (χ2n) is 5.79. The fourth-order valence-electron chi connectivity index (χ4n) is 2.45. The van der Waals surface area contributed by atoms with E-state index in [0.29, 0.717) is 11.9 Å². The molecule has 1 atom stereocenters. The second kappa shape index (κ2) is 7.74. The van der Waals surface area contributed by atoms with E-state index in [0.717, 1.165) is 11.6 Å². The van der Waals surface area contributed by atoms with E-state index < -0.39 is 17.5 Å². The second-order valence-corrected chi connectivity index (χ2v) is 5.79. The predicted octanol–water partition coefficient (Wildman–Crippen LogP) is 4.79. The molecule has 0 saturated heterocycles. The van der Waals surface area contributed by atoms with Crippen molar-refractivity contribution in [2.45, 2.75) is 13.0 Å². The normalized spacial score (nSPS) is 11.7. The molecule has 4 nitrogen and oxygen atoms in total. The Morgan fingerprint density at radius 2 is 1.81 bits per heavy atom. The van der Waals surface area contributed by atoms with Crippen molar-refractivity contribution in [1.82, 2.24) is 4.98 Å². The maximum atomic E-state index is 13.6. The predicted molar refractivity (Wildman–Crippen MR) is 97.0 cm³/mol. The van der Waals surface area contributed by atoms with Crippen LogP contribution < -0.4 is 10.6 Å². The van der Waals surface area contributed by atoms with Gasteiger partial charge in [-0.1, -0.05) is 30.3 Å². The highest BCUT2D eigenvalue weighted by atomic mass is 19.1. The standard InChI is InChI=1S/C20H17F2N3O/c1-13(14-5-3-2-4-6-14)24-19-10-7-15(12-23-19)20(26)25-18-9-8-16(21)11-17(18)22/h2-13H,1H3,(H,23,24)(H,25,26). The molecule has 0 aliphatic rings. The fraction of sp³-hybridized carbons (Fsp3) is 0.100. The molecule has 0 saturated carbocycles. The number of rotatable bonds is 5. The van der Waals surface area contributed by atoms with Gasteiger partial charge in [0.25, 0.3) is 5.91 Å². The molecule has 1 heterocycles. The maximum absolute atomic E-state index is 13.6. The number of halogens is 2. The summed E-state index contributed by atoms with van der Waals surface area (Å²) in [6.07, 6.45) is 1.40. The highest BCUT2D eigenvalue weighted by Gasteiger charge is 2.11. The lowest BCUT2D eigenvalue weighted by atomic mass is 10.1. The molecule has 132 valence electrons. The van der Waals surface area contributed by atoms with E-state index in [1.165, 1.54) is 12.3 Å². The van der Waals surface area contributed by atoms with Crippen LogP contribution in [-0.2, 0) is 0 Å². The Morgan fingerprint density at radius 1 is 1.04 bits per heavy atom. The van der Waals surface area contributed by atoms with Gasteiger partial charge >= 0.3 is 0 Å². The lowest BCUT2D eigenvalue weighted by Crippen LogP contribution is -2.14. The number of hydrogen-bond acceptors (Lipinski definition) is 3.